The van der Waals surface area contributed by atoms with E-state index in [0.717, 1.165) is 35.7 Å². The summed E-state index contributed by atoms with van der Waals surface area (Å²) in [5.74, 6) is -3.34. The van der Waals surface area contributed by atoms with Crippen LogP contribution in [-0.2, 0) is 34.0 Å². The van der Waals surface area contributed by atoms with Gasteiger partial charge in [0.15, 0.2) is 9.84 Å². The molecule has 3 rings (SSSR count). The van der Waals surface area contributed by atoms with Crippen LogP contribution >= 0.6 is 0 Å². The van der Waals surface area contributed by atoms with E-state index in [1.54, 1.807) is 12.1 Å². The standard InChI is InChI=1S/C37H49F2N3O6S/c1-5-9-32(10-6-2)49(46,47)24-34(42-36(44)28-13-15-31(48-4)16-14-28)37(45)41-33(20-27-18-29(38)21-30(39)19-27)35(43)23-40-22-26-12-8-11-25(7-3)17-26/h8,11-19,21,32-35,40,43H,5-7,9-10,20,22-24H2,1-4H3,(H,41,45)(H,42,44)/t33-,34-,35+/m0/s1. The van der Waals surface area contributed by atoms with E-state index in [1.807, 2.05) is 45.0 Å². The lowest BCUT2D eigenvalue weighted by atomic mass is 10.00. The number of sulfone groups is 1. The zero-order chi connectivity index (χ0) is 36.0. The second-order valence-corrected chi connectivity index (χ2v) is 14.6. The molecule has 0 radical (unpaired) electrons. The summed E-state index contributed by atoms with van der Waals surface area (Å²) in [6.45, 7) is 6.21. The highest BCUT2D eigenvalue weighted by Gasteiger charge is 2.34. The molecule has 0 fully saturated rings. The quantitative estimate of drug-likeness (QED) is 0.132. The van der Waals surface area contributed by atoms with Crippen LogP contribution in [0.5, 0.6) is 5.75 Å². The largest absolute Gasteiger partial charge is 0.497 e. The van der Waals surface area contributed by atoms with E-state index in [0.29, 0.717) is 38.0 Å². The highest BCUT2D eigenvalue weighted by Crippen LogP contribution is 2.19. The van der Waals surface area contributed by atoms with E-state index in [2.05, 4.69) is 16.0 Å². The Morgan fingerprint density at radius 3 is 2.08 bits per heavy atom. The molecule has 49 heavy (non-hydrogen) atoms. The van der Waals surface area contributed by atoms with Gasteiger partial charge in [0.05, 0.1) is 30.3 Å². The minimum absolute atomic E-state index is 0.00462. The number of aliphatic hydroxyl groups is 1. The van der Waals surface area contributed by atoms with Crippen LogP contribution in [0, 0.1) is 11.6 Å². The maximum atomic E-state index is 14.1. The lowest BCUT2D eigenvalue weighted by Crippen LogP contribution is -2.57. The Morgan fingerprint density at radius 2 is 1.49 bits per heavy atom. The Kier molecular flexibility index (Phi) is 15.6. The first kappa shape index (κ1) is 39.6. The minimum Gasteiger partial charge on any atom is -0.497 e. The van der Waals surface area contributed by atoms with E-state index in [1.165, 1.54) is 19.2 Å². The van der Waals surface area contributed by atoms with Crippen LogP contribution < -0.4 is 20.7 Å². The van der Waals surface area contributed by atoms with E-state index in [4.69, 9.17) is 4.74 Å². The summed E-state index contributed by atoms with van der Waals surface area (Å²) in [6, 6.07) is 14.3. The van der Waals surface area contributed by atoms with Crippen molar-refractivity contribution in [2.75, 3.05) is 19.4 Å². The van der Waals surface area contributed by atoms with Gasteiger partial charge in [-0.15, -0.1) is 0 Å². The van der Waals surface area contributed by atoms with Crippen molar-refractivity contribution in [3.05, 3.63) is 101 Å². The molecule has 2 amide bonds. The number of amides is 2. The second kappa shape index (κ2) is 19.4. The topological polar surface area (TPSA) is 134 Å². The number of nitrogens with one attached hydrogen (secondary N) is 3. The number of rotatable bonds is 20. The molecule has 268 valence electrons. The maximum absolute atomic E-state index is 14.1. The summed E-state index contributed by atoms with van der Waals surface area (Å²) < 4.78 is 60.7. The van der Waals surface area contributed by atoms with Crippen LogP contribution in [0.1, 0.15) is 73.5 Å². The number of carbonyl (C=O) groups excluding carboxylic acids is 2. The average molecular weight is 702 g/mol. The summed E-state index contributed by atoms with van der Waals surface area (Å²) in [4.78, 5) is 27.2. The van der Waals surface area contributed by atoms with E-state index >= 15 is 0 Å². The zero-order valence-electron chi connectivity index (χ0n) is 28.7. The molecule has 0 unspecified atom stereocenters. The maximum Gasteiger partial charge on any atom is 0.251 e. The molecule has 9 nitrogen and oxygen atoms in total. The van der Waals surface area contributed by atoms with Crippen molar-refractivity contribution in [2.45, 2.75) is 89.3 Å². The molecule has 0 aliphatic rings. The molecule has 0 bridgehead atoms. The number of carbonyl (C=O) groups is 2. The van der Waals surface area contributed by atoms with Gasteiger partial charge in [-0.25, -0.2) is 17.2 Å². The van der Waals surface area contributed by atoms with Crippen molar-refractivity contribution in [1.82, 2.24) is 16.0 Å². The zero-order valence-corrected chi connectivity index (χ0v) is 29.5. The van der Waals surface area contributed by atoms with Crippen molar-refractivity contribution in [2.24, 2.45) is 0 Å². The van der Waals surface area contributed by atoms with Gasteiger partial charge in [0.25, 0.3) is 5.91 Å². The monoisotopic (exact) mass is 701 g/mol. The van der Waals surface area contributed by atoms with Gasteiger partial charge in [-0.05, 0) is 78.8 Å². The van der Waals surface area contributed by atoms with Gasteiger partial charge in [-0.3, -0.25) is 9.59 Å². The molecular formula is C37H49F2N3O6S. The number of benzene rings is 3. The Labute approximate surface area is 288 Å². The molecule has 0 aliphatic heterocycles. The Balaban J connectivity index is 1.89. The van der Waals surface area contributed by atoms with Crippen molar-refractivity contribution >= 4 is 21.7 Å². The van der Waals surface area contributed by atoms with Crippen molar-refractivity contribution in [1.29, 1.82) is 0 Å². The third-order valence-corrected chi connectivity index (χ3v) is 10.6. The van der Waals surface area contributed by atoms with Gasteiger partial charge in [0.2, 0.25) is 5.91 Å². The van der Waals surface area contributed by atoms with Crippen molar-refractivity contribution in [3.63, 3.8) is 0 Å². The summed E-state index contributed by atoms with van der Waals surface area (Å²) in [7, 11) is -2.40. The third-order valence-electron chi connectivity index (χ3n) is 8.35. The smallest absolute Gasteiger partial charge is 0.251 e. The van der Waals surface area contributed by atoms with Gasteiger partial charge in [0, 0.05) is 24.7 Å². The molecule has 3 aromatic rings. The Morgan fingerprint density at radius 1 is 0.857 bits per heavy atom. The van der Waals surface area contributed by atoms with Gasteiger partial charge in [0.1, 0.15) is 23.4 Å². The number of aliphatic hydroxyl groups excluding tert-OH is 1. The first-order valence-electron chi connectivity index (χ1n) is 16.8. The highest BCUT2D eigenvalue weighted by atomic mass is 32.2. The van der Waals surface area contributed by atoms with Crippen LogP contribution in [0.25, 0.3) is 0 Å². The van der Waals surface area contributed by atoms with Crippen molar-refractivity contribution < 1.29 is 36.6 Å². The molecule has 12 heteroatoms. The molecular weight excluding hydrogens is 652 g/mol. The summed E-state index contributed by atoms with van der Waals surface area (Å²) in [5, 5.41) is 19.0. The summed E-state index contributed by atoms with van der Waals surface area (Å²) >= 11 is 0. The predicted molar refractivity (Wildman–Crippen MR) is 187 cm³/mol. The first-order valence-corrected chi connectivity index (χ1v) is 18.5. The molecule has 3 aromatic carbocycles. The number of hydrogen-bond acceptors (Lipinski definition) is 7. The molecule has 0 saturated heterocycles. The van der Waals surface area contributed by atoms with Crippen LogP contribution in [0.2, 0.25) is 0 Å². The van der Waals surface area contributed by atoms with E-state index in [9.17, 15) is 31.9 Å². The van der Waals surface area contributed by atoms with E-state index in [-0.39, 0.29) is 24.1 Å². The number of ether oxygens (including phenoxy) is 1. The van der Waals surface area contributed by atoms with Crippen LogP contribution in [0.3, 0.4) is 0 Å². The van der Waals surface area contributed by atoms with Gasteiger partial charge >= 0.3 is 0 Å². The molecule has 4 N–H and O–H groups in total. The Bertz CT molecular complexity index is 1590. The fraction of sp³-hybridized carbons (Fsp3) is 0.459. The molecule has 0 aromatic heterocycles. The third kappa shape index (κ3) is 12.5. The lowest BCUT2D eigenvalue weighted by molar-refractivity contribution is -0.124. The minimum atomic E-state index is -3.88. The SMILES string of the molecule is CCCC(CCC)S(=O)(=O)C[C@H](NC(=O)c1ccc(OC)cc1)C(=O)N[C@@H](Cc1cc(F)cc(F)c1)[C@H](O)CNCc1cccc(CC)c1. The normalized spacial score (nSPS) is 13.5. The lowest BCUT2D eigenvalue weighted by Gasteiger charge is -2.28. The van der Waals surface area contributed by atoms with Gasteiger partial charge in [-0.2, -0.15) is 0 Å². The van der Waals surface area contributed by atoms with Crippen LogP contribution in [0.4, 0.5) is 8.78 Å². The number of hydrogen-bond donors (Lipinski definition) is 4. The van der Waals surface area contributed by atoms with Gasteiger partial charge in [-0.1, -0.05) is 57.9 Å². The number of halogens is 2. The fourth-order valence-corrected chi connectivity index (χ4v) is 7.86. The summed E-state index contributed by atoms with van der Waals surface area (Å²) in [5.41, 5.74) is 2.49. The molecule has 0 heterocycles. The summed E-state index contributed by atoms with van der Waals surface area (Å²) in [6.07, 6.45) is 1.46. The first-order chi connectivity index (χ1) is 23.4. The molecule has 0 aliphatic carbocycles. The molecule has 3 atom stereocenters. The highest BCUT2D eigenvalue weighted by molar-refractivity contribution is 7.92. The van der Waals surface area contributed by atoms with Crippen LogP contribution in [-0.4, -0.2) is 68.2 Å². The number of aryl methyl sites for hydroxylation is 1. The van der Waals surface area contributed by atoms with E-state index < -0.39 is 62.5 Å². The number of methoxy groups -OCH3 is 1. The predicted octanol–water partition coefficient (Wildman–Crippen LogP) is 4.90. The fourth-order valence-electron chi connectivity index (χ4n) is 5.70. The average Bonchev–Trinajstić information content (AvgIpc) is 3.07. The Hall–Kier alpha value is -3.87. The second-order valence-electron chi connectivity index (χ2n) is 12.3. The van der Waals surface area contributed by atoms with Crippen molar-refractivity contribution in [3.8, 4) is 5.75 Å². The molecule has 0 saturated carbocycles. The van der Waals surface area contributed by atoms with Crippen LogP contribution in [0.15, 0.2) is 66.7 Å². The van der Waals surface area contributed by atoms with Gasteiger partial charge < -0.3 is 25.8 Å². The molecule has 0 spiro atoms.